The minimum atomic E-state index is -4.65. The summed E-state index contributed by atoms with van der Waals surface area (Å²) in [6.45, 7) is -0.677. The van der Waals surface area contributed by atoms with Crippen LogP contribution in [0.3, 0.4) is 0 Å². The highest BCUT2D eigenvalue weighted by molar-refractivity contribution is 7.92. The molecule has 0 heterocycles. The van der Waals surface area contributed by atoms with Crippen LogP contribution in [0.2, 0.25) is 0 Å². The first-order valence-electron chi connectivity index (χ1n) is 10.7. The smallest absolute Gasteiger partial charge is 0.325 e. The molecule has 0 spiro atoms. The van der Waals surface area contributed by atoms with Gasteiger partial charge in [0, 0.05) is 25.5 Å². The van der Waals surface area contributed by atoms with Crippen LogP contribution in [0.5, 0.6) is 0 Å². The number of benzene rings is 3. The van der Waals surface area contributed by atoms with Gasteiger partial charge in [-0.1, -0.05) is 6.07 Å². The second kappa shape index (κ2) is 11.0. The Kier molecular flexibility index (Phi) is 8.33. The van der Waals surface area contributed by atoms with Crippen LogP contribution in [0, 0.1) is 5.82 Å². The third kappa shape index (κ3) is 6.99. The number of alkyl halides is 3. The Bertz CT molecular complexity index is 1510. The summed E-state index contributed by atoms with van der Waals surface area (Å²) in [4.78, 5) is 12.3. The van der Waals surface area contributed by atoms with Crippen molar-refractivity contribution in [3.05, 3.63) is 84.2 Å². The summed E-state index contributed by atoms with van der Waals surface area (Å²) in [5.74, 6) is -1.38. The summed E-state index contributed by atoms with van der Waals surface area (Å²) in [5.41, 5.74) is -1.16. The predicted octanol–water partition coefficient (Wildman–Crippen LogP) is 3.90. The molecular formula is C23H22F4N4O5S2. The van der Waals surface area contributed by atoms with Crippen LogP contribution in [0.1, 0.15) is 5.56 Å². The average Bonchev–Trinajstić information content (AvgIpc) is 2.83. The molecule has 0 saturated heterocycles. The Labute approximate surface area is 216 Å². The molecule has 0 atom stereocenters. The lowest BCUT2D eigenvalue weighted by atomic mass is 10.2. The molecule has 38 heavy (non-hydrogen) atoms. The number of hydrogen-bond donors (Lipinski definition) is 2. The van der Waals surface area contributed by atoms with E-state index >= 15 is 0 Å². The van der Waals surface area contributed by atoms with Crippen LogP contribution in [-0.4, -0.2) is 47.7 Å². The number of nitrogens with zero attached hydrogens (tertiary/aromatic N) is 2. The molecule has 2 N–H and O–H groups in total. The van der Waals surface area contributed by atoms with Gasteiger partial charge in [-0.25, -0.2) is 17.1 Å². The Morgan fingerprint density at radius 3 is 2.03 bits per heavy atom. The lowest BCUT2D eigenvalue weighted by Gasteiger charge is -2.26. The van der Waals surface area contributed by atoms with Gasteiger partial charge in [0.2, 0.25) is 5.91 Å². The molecule has 3 rings (SSSR count). The Morgan fingerprint density at radius 2 is 1.47 bits per heavy atom. The van der Waals surface area contributed by atoms with Gasteiger partial charge in [0.1, 0.15) is 12.4 Å². The number of amides is 1. The molecule has 204 valence electrons. The number of halogens is 4. The maximum absolute atomic E-state index is 13.3. The first-order chi connectivity index (χ1) is 17.6. The van der Waals surface area contributed by atoms with E-state index in [1.165, 1.54) is 38.4 Å². The van der Waals surface area contributed by atoms with Gasteiger partial charge in [0.25, 0.3) is 10.0 Å². The molecule has 3 aromatic rings. The zero-order valence-electron chi connectivity index (χ0n) is 19.9. The largest absolute Gasteiger partial charge is 0.416 e. The molecule has 0 bridgehead atoms. The highest BCUT2D eigenvalue weighted by Gasteiger charge is 2.31. The molecule has 0 saturated carbocycles. The van der Waals surface area contributed by atoms with E-state index in [1.54, 1.807) is 0 Å². The molecule has 1 amide bonds. The summed E-state index contributed by atoms with van der Waals surface area (Å²) in [7, 11) is -5.88. The number of rotatable bonds is 9. The number of hydrogen-bond acceptors (Lipinski definition) is 5. The summed E-state index contributed by atoms with van der Waals surface area (Å²) in [6, 6.07) is 12.8. The zero-order valence-corrected chi connectivity index (χ0v) is 21.5. The Balaban J connectivity index is 1.75. The quantitative estimate of drug-likeness (QED) is 0.376. The summed E-state index contributed by atoms with van der Waals surface area (Å²) in [6.07, 6.45) is -4.65. The highest BCUT2D eigenvalue weighted by Crippen LogP contribution is 2.31. The normalized spacial score (nSPS) is 12.3. The second-order valence-corrected chi connectivity index (χ2v) is 11.8. The maximum atomic E-state index is 13.3. The molecule has 0 radical (unpaired) electrons. The number of anilines is 3. The fraction of sp³-hybridized carbons (Fsp3) is 0.174. The van der Waals surface area contributed by atoms with Gasteiger partial charge in [0.05, 0.1) is 16.1 Å². The fourth-order valence-corrected chi connectivity index (χ4v) is 5.24. The van der Waals surface area contributed by atoms with Crippen molar-refractivity contribution in [3.63, 3.8) is 0 Å². The number of sulfonamides is 1. The van der Waals surface area contributed by atoms with Crippen LogP contribution in [0.15, 0.2) is 77.7 Å². The highest BCUT2D eigenvalue weighted by atomic mass is 32.2. The van der Waals surface area contributed by atoms with Crippen molar-refractivity contribution >= 4 is 43.2 Å². The van der Waals surface area contributed by atoms with Crippen LogP contribution < -0.4 is 14.3 Å². The number of carbonyl (C=O) groups excluding carboxylic acids is 1. The van der Waals surface area contributed by atoms with Crippen molar-refractivity contribution in [1.29, 1.82) is 0 Å². The summed E-state index contributed by atoms with van der Waals surface area (Å²) >= 11 is 0. The van der Waals surface area contributed by atoms with Crippen molar-refractivity contribution in [2.24, 2.45) is 0 Å². The standard InChI is InChI=1S/C23H22F4N4O5S2/c1-30(2)38(35,36)31(20-10-6-17(24)7-11-20)15-22(32)28-18-8-12-21(13-9-18)37(33,34)29-19-5-3-4-16(14-19)23(25,26)27/h3-14,29H,15H2,1-2H3,(H,28,32). The third-order valence-corrected chi connectivity index (χ3v) is 8.25. The van der Waals surface area contributed by atoms with Gasteiger partial charge >= 0.3 is 16.4 Å². The molecule has 3 aromatic carbocycles. The van der Waals surface area contributed by atoms with Crippen LogP contribution >= 0.6 is 0 Å². The van der Waals surface area contributed by atoms with Gasteiger partial charge in [-0.3, -0.25) is 9.52 Å². The molecule has 15 heteroatoms. The van der Waals surface area contributed by atoms with Crippen molar-refractivity contribution in [2.45, 2.75) is 11.1 Å². The van der Waals surface area contributed by atoms with E-state index in [9.17, 15) is 39.2 Å². The number of nitrogens with one attached hydrogen (secondary N) is 2. The van der Waals surface area contributed by atoms with Crippen LogP contribution in [0.4, 0.5) is 34.6 Å². The maximum Gasteiger partial charge on any atom is 0.416 e. The molecule has 0 aliphatic carbocycles. The van der Waals surface area contributed by atoms with E-state index in [4.69, 9.17) is 0 Å². The Hall–Kier alpha value is -3.69. The van der Waals surface area contributed by atoms with Gasteiger partial charge < -0.3 is 5.32 Å². The molecule has 0 fully saturated rings. The van der Waals surface area contributed by atoms with E-state index in [1.807, 2.05) is 0 Å². The monoisotopic (exact) mass is 574 g/mol. The molecule has 0 aromatic heterocycles. The van der Waals surface area contributed by atoms with Crippen molar-refractivity contribution in [3.8, 4) is 0 Å². The predicted molar refractivity (Wildman–Crippen MR) is 134 cm³/mol. The van der Waals surface area contributed by atoms with Crippen LogP contribution in [0.25, 0.3) is 0 Å². The lowest BCUT2D eigenvalue weighted by molar-refractivity contribution is -0.137. The van der Waals surface area contributed by atoms with E-state index < -0.39 is 50.2 Å². The molecular weight excluding hydrogens is 552 g/mol. The third-order valence-electron chi connectivity index (χ3n) is 5.03. The molecule has 0 unspecified atom stereocenters. The topological polar surface area (TPSA) is 116 Å². The van der Waals surface area contributed by atoms with E-state index in [0.717, 1.165) is 51.1 Å². The lowest BCUT2D eigenvalue weighted by Crippen LogP contribution is -2.44. The minimum Gasteiger partial charge on any atom is -0.325 e. The van der Waals surface area contributed by atoms with Gasteiger partial charge in [-0.15, -0.1) is 0 Å². The molecule has 9 nitrogen and oxygen atoms in total. The van der Waals surface area contributed by atoms with Crippen molar-refractivity contribution in [1.82, 2.24) is 4.31 Å². The minimum absolute atomic E-state index is 0.0392. The Morgan fingerprint density at radius 1 is 0.868 bits per heavy atom. The van der Waals surface area contributed by atoms with E-state index in [2.05, 4.69) is 10.0 Å². The first kappa shape index (κ1) is 28.9. The van der Waals surface area contributed by atoms with Crippen molar-refractivity contribution < 1.29 is 39.2 Å². The SMILES string of the molecule is CN(C)S(=O)(=O)N(CC(=O)Nc1ccc(S(=O)(=O)Nc2cccc(C(F)(F)F)c2)cc1)c1ccc(F)cc1. The van der Waals surface area contributed by atoms with Gasteiger partial charge in [-0.05, 0) is 66.7 Å². The second-order valence-electron chi connectivity index (χ2n) is 8.03. The van der Waals surface area contributed by atoms with Crippen molar-refractivity contribution in [2.75, 3.05) is 35.0 Å². The zero-order chi connectivity index (χ0) is 28.3. The van der Waals surface area contributed by atoms with Gasteiger partial charge in [-0.2, -0.15) is 25.9 Å². The number of carbonyl (C=O) groups is 1. The molecule has 0 aliphatic heterocycles. The first-order valence-corrected chi connectivity index (χ1v) is 13.5. The fourth-order valence-electron chi connectivity index (χ4n) is 3.13. The van der Waals surface area contributed by atoms with E-state index in [0.29, 0.717) is 6.07 Å². The summed E-state index contributed by atoms with van der Waals surface area (Å²) < 4.78 is 106. The summed E-state index contributed by atoms with van der Waals surface area (Å²) in [5, 5.41) is 2.44. The van der Waals surface area contributed by atoms with E-state index in [-0.39, 0.29) is 22.0 Å². The average molecular weight is 575 g/mol. The molecule has 0 aliphatic rings. The van der Waals surface area contributed by atoms with Gasteiger partial charge in [0.15, 0.2) is 0 Å². The van der Waals surface area contributed by atoms with Crippen LogP contribution in [-0.2, 0) is 31.2 Å².